The zero-order valence-corrected chi connectivity index (χ0v) is 7.82. The number of rotatable bonds is 0. The normalized spacial score (nSPS) is 34.0. The van der Waals surface area contributed by atoms with Crippen molar-refractivity contribution in [2.45, 2.75) is 6.04 Å². The van der Waals surface area contributed by atoms with Crippen LogP contribution in [0.4, 0.5) is 0 Å². The predicted molar refractivity (Wildman–Crippen MR) is 49.7 cm³/mol. The van der Waals surface area contributed by atoms with Gasteiger partial charge in [0.2, 0.25) is 0 Å². The van der Waals surface area contributed by atoms with E-state index >= 15 is 0 Å². The zero-order chi connectivity index (χ0) is 7.84. The van der Waals surface area contributed by atoms with Crippen molar-refractivity contribution in [3.63, 3.8) is 0 Å². The van der Waals surface area contributed by atoms with Gasteiger partial charge in [-0.05, 0) is 0 Å². The maximum absolute atomic E-state index is 4.22. The van der Waals surface area contributed by atoms with E-state index in [1.54, 1.807) is 0 Å². The SMILES string of the molecule is CN1N=CC2C=CC=C(Br)C21. The summed E-state index contributed by atoms with van der Waals surface area (Å²) < 4.78 is 1.21. The number of hydrogen-bond acceptors (Lipinski definition) is 2. The summed E-state index contributed by atoms with van der Waals surface area (Å²) in [5.74, 6) is 0.458. The third-order valence-corrected chi connectivity index (χ3v) is 2.79. The highest BCUT2D eigenvalue weighted by Gasteiger charge is 2.30. The van der Waals surface area contributed by atoms with Gasteiger partial charge in [0.05, 0.1) is 6.04 Å². The van der Waals surface area contributed by atoms with Crippen molar-refractivity contribution in [3.05, 3.63) is 22.7 Å². The van der Waals surface area contributed by atoms with E-state index in [0.29, 0.717) is 12.0 Å². The fourth-order valence-corrected chi connectivity index (χ4v) is 2.23. The molecule has 11 heavy (non-hydrogen) atoms. The zero-order valence-electron chi connectivity index (χ0n) is 6.24. The molecule has 0 radical (unpaired) electrons. The van der Waals surface area contributed by atoms with Crippen molar-refractivity contribution < 1.29 is 0 Å². The Balaban J connectivity index is 2.31. The van der Waals surface area contributed by atoms with Crippen LogP contribution >= 0.6 is 15.9 Å². The molecular weight excluding hydrogens is 204 g/mol. The molecule has 0 amide bonds. The largest absolute Gasteiger partial charge is 0.291 e. The predicted octanol–water partition coefficient (Wildman–Crippen LogP) is 1.75. The summed E-state index contributed by atoms with van der Waals surface area (Å²) in [5.41, 5.74) is 0. The second kappa shape index (κ2) is 2.48. The topological polar surface area (TPSA) is 15.6 Å². The Kier molecular flexibility index (Phi) is 1.60. The van der Waals surface area contributed by atoms with Gasteiger partial charge in [-0.15, -0.1) is 0 Å². The summed E-state index contributed by atoms with van der Waals surface area (Å²) in [6.07, 6.45) is 8.29. The molecule has 0 aromatic carbocycles. The summed E-state index contributed by atoms with van der Waals surface area (Å²) in [4.78, 5) is 0. The first-order valence-corrected chi connectivity index (χ1v) is 4.39. The van der Waals surface area contributed by atoms with Gasteiger partial charge in [-0.2, -0.15) is 5.10 Å². The van der Waals surface area contributed by atoms with Crippen LogP contribution in [0.3, 0.4) is 0 Å². The molecule has 3 heteroatoms. The lowest BCUT2D eigenvalue weighted by atomic mass is 9.97. The van der Waals surface area contributed by atoms with Gasteiger partial charge in [0.1, 0.15) is 0 Å². The molecule has 0 N–H and O–H groups in total. The molecule has 0 fully saturated rings. The molecule has 1 aliphatic heterocycles. The van der Waals surface area contributed by atoms with Crippen LogP contribution < -0.4 is 0 Å². The average Bonchev–Trinajstić information content (AvgIpc) is 2.34. The molecule has 0 aromatic rings. The Bertz CT molecular complexity index is 255. The Morgan fingerprint density at radius 1 is 1.64 bits per heavy atom. The van der Waals surface area contributed by atoms with Crippen LogP contribution in [0.2, 0.25) is 0 Å². The van der Waals surface area contributed by atoms with Crippen LogP contribution in [-0.2, 0) is 0 Å². The summed E-state index contributed by atoms with van der Waals surface area (Å²) in [5, 5.41) is 6.20. The van der Waals surface area contributed by atoms with Crippen molar-refractivity contribution in [1.29, 1.82) is 0 Å². The number of fused-ring (bicyclic) bond motifs is 1. The van der Waals surface area contributed by atoms with Crippen molar-refractivity contribution >= 4 is 22.1 Å². The van der Waals surface area contributed by atoms with E-state index in [9.17, 15) is 0 Å². The molecule has 0 saturated heterocycles. The maximum Gasteiger partial charge on any atom is 0.0894 e. The highest BCUT2D eigenvalue weighted by Crippen LogP contribution is 2.30. The monoisotopic (exact) mass is 212 g/mol. The molecule has 2 atom stereocenters. The van der Waals surface area contributed by atoms with Crippen molar-refractivity contribution in [3.8, 4) is 0 Å². The smallest absolute Gasteiger partial charge is 0.0894 e. The third kappa shape index (κ3) is 1.03. The lowest BCUT2D eigenvalue weighted by Gasteiger charge is -2.24. The fourth-order valence-electron chi connectivity index (χ4n) is 1.48. The first-order chi connectivity index (χ1) is 5.29. The lowest BCUT2D eigenvalue weighted by Crippen LogP contribution is -2.29. The Labute approximate surface area is 74.4 Å². The van der Waals surface area contributed by atoms with Crippen molar-refractivity contribution in [2.24, 2.45) is 11.0 Å². The van der Waals surface area contributed by atoms with E-state index in [1.165, 1.54) is 4.48 Å². The van der Waals surface area contributed by atoms with Crippen LogP contribution in [0.25, 0.3) is 0 Å². The van der Waals surface area contributed by atoms with Gasteiger partial charge < -0.3 is 0 Å². The number of hydrazone groups is 1. The van der Waals surface area contributed by atoms with Crippen LogP contribution in [-0.4, -0.2) is 24.3 Å². The molecule has 58 valence electrons. The quantitative estimate of drug-likeness (QED) is 0.598. The minimum atomic E-state index is 0.403. The molecule has 0 aromatic heterocycles. The Morgan fingerprint density at radius 3 is 3.18 bits per heavy atom. The second-order valence-electron chi connectivity index (χ2n) is 2.80. The van der Waals surface area contributed by atoms with E-state index in [1.807, 2.05) is 18.3 Å². The van der Waals surface area contributed by atoms with Gasteiger partial charge in [0.25, 0.3) is 0 Å². The van der Waals surface area contributed by atoms with Gasteiger partial charge >= 0.3 is 0 Å². The third-order valence-electron chi connectivity index (χ3n) is 2.06. The van der Waals surface area contributed by atoms with Gasteiger partial charge in [0.15, 0.2) is 0 Å². The van der Waals surface area contributed by atoms with Gasteiger partial charge in [0, 0.05) is 23.7 Å². The summed E-state index contributed by atoms with van der Waals surface area (Å²) in [6, 6.07) is 0.403. The Hall–Kier alpha value is -0.570. The molecule has 2 rings (SSSR count). The maximum atomic E-state index is 4.22. The summed E-state index contributed by atoms with van der Waals surface area (Å²) in [7, 11) is 2.00. The minimum absolute atomic E-state index is 0.403. The lowest BCUT2D eigenvalue weighted by molar-refractivity contribution is 0.304. The molecule has 2 nitrogen and oxygen atoms in total. The first-order valence-electron chi connectivity index (χ1n) is 3.60. The van der Waals surface area contributed by atoms with Crippen LogP contribution in [0.1, 0.15) is 0 Å². The van der Waals surface area contributed by atoms with Gasteiger partial charge in [-0.1, -0.05) is 34.2 Å². The van der Waals surface area contributed by atoms with E-state index in [2.05, 4.69) is 39.3 Å². The molecule has 1 heterocycles. The Morgan fingerprint density at radius 2 is 2.45 bits per heavy atom. The van der Waals surface area contributed by atoms with Crippen molar-refractivity contribution in [2.75, 3.05) is 7.05 Å². The molecule has 0 saturated carbocycles. The standard InChI is InChI=1S/C8H9BrN2/c1-11-8-6(5-10-11)3-2-4-7(8)9/h2-6,8H,1H3. The molecule has 0 spiro atoms. The van der Waals surface area contributed by atoms with Crippen LogP contribution in [0.15, 0.2) is 27.8 Å². The number of halogens is 1. The van der Waals surface area contributed by atoms with E-state index in [4.69, 9.17) is 0 Å². The summed E-state index contributed by atoms with van der Waals surface area (Å²) >= 11 is 3.52. The van der Waals surface area contributed by atoms with Gasteiger partial charge in [-0.25, -0.2) is 0 Å². The molecule has 0 bridgehead atoms. The average molecular weight is 213 g/mol. The second-order valence-corrected chi connectivity index (χ2v) is 3.71. The summed E-state index contributed by atoms with van der Waals surface area (Å²) in [6.45, 7) is 0. The minimum Gasteiger partial charge on any atom is -0.291 e. The molecule has 1 aliphatic carbocycles. The van der Waals surface area contributed by atoms with E-state index in [-0.39, 0.29) is 0 Å². The van der Waals surface area contributed by atoms with E-state index < -0.39 is 0 Å². The van der Waals surface area contributed by atoms with Crippen molar-refractivity contribution in [1.82, 2.24) is 5.01 Å². The van der Waals surface area contributed by atoms with Gasteiger partial charge in [-0.3, -0.25) is 5.01 Å². The fraction of sp³-hybridized carbons (Fsp3) is 0.375. The first kappa shape index (κ1) is 7.10. The molecular formula is C8H9BrN2. The van der Waals surface area contributed by atoms with Crippen LogP contribution in [0, 0.1) is 5.92 Å². The number of allylic oxidation sites excluding steroid dienone is 2. The van der Waals surface area contributed by atoms with Crippen LogP contribution in [0.5, 0.6) is 0 Å². The highest BCUT2D eigenvalue weighted by molar-refractivity contribution is 9.11. The number of likely N-dealkylation sites (N-methyl/N-ethyl adjacent to an activating group) is 1. The van der Waals surface area contributed by atoms with E-state index in [0.717, 1.165) is 0 Å². The number of hydrogen-bond donors (Lipinski definition) is 0. The molecule has 2 unspecified atom stereocenters. The highest BCUT2D eigenvalue weighted by atomic mass is 79.9. The molecule has 2 aliphatic rings. The number of nitrogens with zero attached hydrogens (tertiary/aromatic N) is 2.